The molecule has 0 amide bonds. The van der Waals surface area contributed by atoms with Gasteiger partial charge in [0, 0.05) is 0 Å². The minimum atomic E-state index is -1.24. The first-order valence-electron chi connectivity index (χ1n) is 5.29. The summed E-state index contributed by atoms with van der Waals surface area (Å²) in [7, 11) is 0. The molecular weight excluding hydrogens is 502 g/mol. The van der Waals surface area contributed by atoms with E-state index in [9.17, 15) is 0 Å². The maximum atomic E-state index is 2.93. The summed E-state index contributed by atoms with van der Waals surface area (Å²) in [5.74, 6) is 0. The molecule has 0 unspecified atom stereocenters. The molecule has 0 spiro atoms. The number of hydrogen-bond acceptors (Lipinski definition) is 0. The van der Waals surface area contributed by atoms with E-state index in [1.54, 1.807) is 32.7 Å². The third kappa shape index (κ3) is 5.77. The zero-order valence-corrected chi connectivity index (χ0v) is 14.9. The molecule has 0 saturated carbocycles. The normalized spacial score (nSPS) is 24.2. The van der Waals surface area contributed by atoms with Gasteiger partial charge in [-0.15, -0.1) is 0 Å². The van der Waals surface area contributed by atoms with Gasteiger partial charge in [0.25, 0.3) is 0 Å². The summed E-state index contributed by atoms with van der Waals surface area (Å²) >= 11 is 4.19. The van der Waals surface area contributed by atoms with Crippen molar-refractivity contribution in [3.05, 3.63) is 0 Å². The van der Waals surface area contributed by atoms with Crippen molar-refractivity contribution in [3.63, 3.8) is 0 Å². The summed E-state index contributed by atoms with van der Waals surface area (Å²) in [5, 5.41) is 0. The van der Waals surface area contributed by atoms with E-state index in [4.69, 9.17) is 0 Å². The second kappa shape index (κ2) is 7.51. The van der Waals surface area contributed by atoms with Crippen molar-refractivity contribution >= 4 is 55.5 Å². The Morgan fingerprint density at radius 2 is 1.62 bits per heavy atom. The number of unbranched alkanes of at least 4 members (excludes halogenated alkanes) is 2. The molecule has 1 fully saturated rings. The number of alkyl halides is 1. The molecule has 0 atom stereocenters. The van der Waals surface area contributed by atoms with Gasteiger partial charge in [-0.05, 0) is 0 Å². The molecule has 1 rings (SSSR count). The molecule has 0 nitrogen and oxygen atoms in total. The van der Waals surface area contributed by atoms with Gasteiger partial charge >= 0.3 is 112 Å². The zero-order valence-electron chi connectivity index (χ0n) is 8.24. The average molecular weight is 522 g/mol. The first kappa shape index (κ1) is 13.3. The van der Waals surface area contributed by atoms with E-state index in [2.05, 4.69) is 41.3 Å². The van der Waals surface area contributed by atoms with Gasteiger partial charge in [0.05, 0.1) is 0 Å². The van der Waals surface area contributed by atoms with Crippen LogP contribution in [0.5, 0.6) is 0 Å². The van der Waals surface area contributed by atoms with Crippen LogP contribution >= 0.6 is 41.3 Å². The van der Waals surface area contributed by atoms with Gasteiger partial charge in [-0.1, -0.05) is 0 Å². The van der Waals surface area contributed by atoms with E-state index in [1.807, 2.05) is 0 Å². The van der Waals surface area contributed by atoms with Crippen molar-refractivity contribution in [2.24, 2.45) is 0 Å². The molecule has 0 aromatic carbocycles. The van der Waals surface area contributed by atoms with Crippen LogP contribution in [0.3, 0.4) is 0 Å². The van der Waals surface area contributed by atoms with Crippen LogP contribution in [0.1, 0.15) is 38.5 Å². The third-order valence-corrected chi connectivity index (χ3v) is 21.0. The molecule has 1 heterocycles. The molecule has 3 heteroatoms. The van der Waals surface area contributed by atoms with Gasteiger partial charge in [0.15, 0.2) is 0 Å². The second-order valence-electron chi connectivity index (χ2n) is 3.86. The van der Waals surface area contributed by atoms with E-state index in [1.165, 1.54) is 23.7 Å². The summed E-state index contributed by atoms with van der Waals surface area (Å²) in [6.45, 7) is 0. The van der Waals surface area contributed by atoms with Crippen molar-refractivity contribution in [3.8, 4) is 0 Å². The van der Waals surface area contributed by atoms with Crippen LogP contribution < -0.4 is 0 Å². The fourth-order valence-corrected chi connectivity index (χ4v) is 16.6. The maximum absolute atomic E-state index is 2.93. The van der Waals surface area contributed by atoms with E-state index in [0.29, 0.717) is 0 Å². The van der Waals surface area contributed by atoms with Gasteiger partial charge in [-0.3, -0.25) is 0 Å². The Balaban J connectivity index is 2.10. The van der Waals surface area contributed by atoms with Crippen LogP contribution in [0, 0.1) is 0 Å². The van der Waals surface area contributed by atoms with Crippen molar-refractivity contribution in [2.75, 3.05) is 4.43 Å². The first-order valence-corrected chi connectivity index (χ1v) is 18.5. The van der Waals surface area contributed by atoms with E-state index in [0.717, 1.165) is 0 Å². The van der Waals surface area contributed by atoms with Crippen molar-refractivity contribution in [1.29, 1.82) is 0 Å². The molecular formula is C10H20I2Te. The van der Waals surface area contributed by atoms with Crippen LogP contribution in [0.25, 0.3) is 0 Å². The summed E-state index contributed by atoms with van der Waals surface area (Å²) < 4.78 is 6.37. The van der Waals surface area contributed by atoms with Crippen LogP contribution in [0.4, 0.5) is 0 Å². The predicted molar refractivity (Wildman–Crippen MR) is 80.8 cm³/mol. The van der Waals surface area contributed by atoms with Gasteiger partial charge in [0.2, 0.25) is 0 Å². The fraction of sp³-hybridized carbons (Fsp3) is 1.00. The molecule has 0 radical (unpaired) electrons. The topological polar surface area (TPSA) is 0 Å². The third-order valence-electron chi connectivity index (χ3n) is 2.66. The molecule has 0 N–H and O–H groups in total. The Morgan fingerprint density at radius 3 is 2.23 bits per heavy atom. The van der Waals surface area contributed by atoms with Crippen LogP contribution in [0.15, 0.2) is 0 Å². The zero-order chi connectivity index (χ0) is 9.57. The van der Waals surface area contributed by atoms with Gasteiger partial charge in [0.1, 0.15) is 0 Å². The van der Waals surface area contributed by atoms with E-state index >= 15 is 0 Å². The number of hydrogen-bond donors (Lipinski definition) is 0. The SMILES string of the molecule is ICCCCC[Te]1(I)CCCCC1. The monoisotopic (exact) mass is 524 g/mol. The molecule has 0 bridgehead atoms. The Bertz CT molecular complexity index is 133. The van der Waals surface area contributed by atoms with E-state index in [-0.39, 0.29) is 0 Å². The molecule has 1 aliphatic rings. The molecule has 0 aliphatic carbocycles. The summed E-state index contributed by atoms with van der Waals surface area (Å²) in [6.07, 6.45) is 9.17. The van der Waals surface area contributed by atoms with Crippen molar-refractivity contribution in [2.45, 2.75) is 51.9 Å². The number of halogens is 2. The predicted octanol–water partition coefficient (Wildman–Crippen LogP) is 5.16. The quantitative estimate of drug-likeness (QED) is 0.203. The Morgan fingerprint density at radius 1 is 0.923 bits per heavy atom. The van der Waals surface area contributed by atoms with Crippen molar-refractivity contribution in [1.82, 2.24) is 0 Å². The standard InChI is InChI=1S/C10H20I2Te/c11-7-3-1-4-8-13(12)9-5-2-6-10-13/h1-10H2. The van der Waals surface area contributed by atoms with Gasteiger partial charge < -0.3 is 0 Å². The average Bonchev–Trinajstić information content (AvgIpc) is 2.14. The van der Waals surface area contributed by atoms with Crippen molar-refractivity contribution < 1.29 is 0 Å². The Kier molecular flexibility index (Phi) is 7.69. The molecule has 1 aliphatic heterocycles. The Labute approximate surface area is 110 Å². The molecule has 0 aromatic rings. The van der Waals surface area contributed by atoms with Crippen LogP contribution in [0.2, 0.25) is 13.4 Å². The Hall–Kier alpha value is 2.25. The minimum absolute atomic E-state index is 1.24. The van der Waals surface area contributed by atoms with Crippen LogP contribution in [-0.4, -0.2) is 18.7 Å². The number of rotatable bonds is 5. The van der Waals surface area contributed by atoms with Gasteiger partial charge in [-0.25, -0.2) is 0 Å². The second-order valence-corrected chi connectivity index (χ2v) is 26.3. The summed E-state index contributed by atoms with van der Waals surface area (Å²) in [5.41, 5.74) is 0. The molecule has 80 valence electrons. The molecule has 1 saturated heterocycles. The fourth-order valence-electron chi connectivity index (χ4n) is 1.84. The van der Waals surface area contributed by atoms with Gasteiger partial charge in [-0.2, -0.15) is 0 Å². The van der Waals surface area contributed by atoms with E-state index < -0.39 is 14.2 Å². The van der Waals surface area contributed by atoms with Crippen LogP contribution in [-0.2, 0) is 0 Å². The molecule has 13 heavy (non-hydrogen) atoms. The summed E-state index contributed by atoms with van der Waals surface area (Å²) in [4.78, 5) is 0. The first-order chi connectivity index (χ1) is 6.27. The molecule has 0 aromatic heterocycles. The summed E-state index contributed by atoms with van der Waals surface area (Å²) in [6, 6.07) is 0.